The number of halogens is 2. The van der Waals surface area contributed by atoms with Gasteiger partial charge in [0.2, 0.25) is 5.88 Å². The first-order valence-corrected chi connectivity index (χ1v) is 8.76. The van der Waals surface area contributed by atoms with E-state index < -0.39 is 6.10 Å². The molecule has 6 nitrogen and oxygen atoms in total. The normalized spacial score (nSPS) is 12.2. The monoisotopic (exact) mass is 496 g/mol. The Morgan fingerprint density at radius 2 is 2.20 bits per heavy atom. The summed E-state index contributed by atoms with van der Waals surface area (Å²) < 4.78 is 5.88. The highest BCUT2D eigenvalue weighted by molar-refractivity contribution is 14.0. The number of aliphatic hydroxyl groups excluding tert-OH is 1. The van der Waals surface area contributed by atoms with Crippen molar-refractivity contribution in [2.24, 2.45) is 4.99 Å². The average Bonchev–Trinajstić information content (AvgIpc) is 3.04. The van der Waals surface area contributed by atoms with E-state index in [0.29, 0.717) is 29.3 Å². The van der Waals surface area contributed by atoms with Crippen molar-refractivity contribution in [1.29, 1.82) is 0 Å². The maximum Gasteiger partial charge on any atom is 0.218 e. The summed E-state index contributed by atoms with van der Waals surface area (Å²) in [6.07, 6.45) is 1.04. The topological polar surface area (TPSA) is 78.8 Å². The quantitative estimate of drug-likeness (QED) is 0.312. The lowest BCUT2D eigenvalue weighted by Gasteiger charge is -2.14. The lowest BCUT2D eigenvalue weighted by Crippen LogP contribution is -2.39. The average molecular weight is 497 g/mol. The van der Waals surface area contributed by atoms with E-state index in [4.69, 9.17) is 16.3 Å². The fourth-order valence-corrected chi connectivity index (χ4v) is 3.08. The van der Waals surface area contributed by atoms with Crippen LogP contribution in [0.1, 0.15) is 23.5 Å². The van der Waals surface area contributed by atoms with Crippen molar-refractivity contribution in [2.75, 3.05) is 20.2 Å². The molecule has 0 saturated heterocycles. The highest BCUT2D eigenvalue weighted by atomic mass is 127. The third-order valence-electron chi connectivity index (χ3n) is 3.18. The Kier molecular flexibility index (Phi) is 10.1. The Morgan fingerprint density at radius 1 is 1.40 bits per heavy atom. The molecule has 0 fully saturated rings. The van der Waals surface area contributed by atoms with E-state index >= 15 is 0 Å². The molecule has 0 aliphatic carbocycles. The summed E-state index contributed by atoms with van der Waals surface area (Å²) in [5.74, 6) is 1.18. The number of aromatic nitrogens is 1. The van der Waals surface area contributed by atoms with Crippen LogP contribution in [0, 0.1) is 0 Å². The van der Waals surface area contributed by atoms with Crippen LogP contribution in [0.4, 0.5) is 0 Å². The first-order chi connectivity index (χ1) is 11.6. The minimum absolute atomic E-state index is 0. The first-order valence-electron chi connectivity index (χ1n) is 7.57. The molecule has 2 rings (SSSR count). The molecule has 0 radical (unpaired) electrons. The third-order valence-corrected chi connectivity index (χ3v) is 4.51. The highest BCUT2D eigenvalue weighted by Gasteiger charge is 2.11. The Morgan fingerprint density at radius 3 is 2.84 bits per heavy atom. The minimum atomic E-state index is -0.640. The molecule has 2 heterocycles. The van der Waals surface area contributed by atoms with Crippen molar-refractivity contribution in [3.63, 3.8) is 0 Å². The van der Waals surface area contributed by atoms with E-state index in [2.05, 4.69) is 20.6 Å². The summed E-state index contributed by atoms with van der Waals surface area (Å²) in [5.41, 5.74) is 0.891. The van der Waals surface area contributed by atoms with E-state index in [0.717, 1.165) is 17.0 Å². The number of guanidine groups is 1. The summed E-state index contributed by atoms with van der Waals surface area (Å²) in [5, 5.41) is 16.5. The Hall–Kier alpha value is -1.10. The Balaban J connectivity index is 0.00000312. The summed E-state index contributed by atoms with van der Waals surface area (Å²) in [6, 6.07) is 7.36. The van der Waals surface area contributed by atoms with Gasteiger partial charge in [0.15, 0.2) is 5.96 Å². The summed E-state index contributed by atoms with van der Waals surface area (Å²) >= 11 is 7.26. The molecule has 1 unspecified atom stereocenters. The summed E-state index contributed by atoms with van der Waals surface area (Å²) in [4.78, 5) is 9.47. The van der Waals surface area contributed by atoms with Crippen LogP contribution in [0.25, 0.3) is 0 Å². The van der Waals surface area contributed by atoms with Crippen LogP contribution in [-0.2, 0) is 6.54 Å². The molecule has 2 aromatic heterocycles. The molecule has 0 amide bonds. The Labute approximate surface area is 173 Å². The number of rotatable bonds is 7. The van der Waals surface area contributed by atoms with Crippen LogP contribution in [0.3, 0.4) is 0 Å². The predicted molar refractivity (Wildman–Crippen MR) is 113 cm³/mol. The molecule has 0 aromatic carbocycles. The molecule has 25 heavy (non-hydrogen) atoms. The van der Waals surface area contributed by atoms with Crippen molar-refractivity contribution in [3.05, 3.63) is 45.2 Å². The summed E-state index contributed by atoms with van der Waals surface area (Å²) in [7, 11) is 1.58. The molecule has 3 N–H and O–H groups in total. The van der Waals surface area contributed by atoms with Crippen LogP contribution < -0.4 is 15.4 Å². The van der Waals surface area contributed by atoms with Crippen molar-refractivity contribution >= 4 is 52.9 Å². The number of nitrogens with one attached hydrogen (secondary N) is 2. The van der Waals surface area contributed by atoms with E-state index in [1.807, 2.05) is 25.1 Å². The fraction of sp³-hybridized carbons (Fsp3) is 0.375. The van der Waals surface area contributed by atoms with Gasteiger partial charge in [0, 0.05) is 29.7 Å². The van der Waals surface area contributed by atoms with E-state index in [1.54, 1.807) is 19.4 Å². The number of nitrogens with zero attached hydrogens (tertiary/aromatic N) is 2. The van der Waals surface area contributed by atoms with E-state index in [9.17, 15) is 5.11 Å². The number of thiophene rings is 1. The standard InChI is InChI=1S/C16H21ClN4O2S.HI/c1-3-18-16(20-9-11-5-4-8-19-15(11)23-2)21-10-12(22)13-6-7-14(17)24-13;/h4-8,12,22H,3,9-10H2,1-2H3,(H2,18,20,21);1H. The SMILES string of the molecule is CCNC(=NCc1cccnc1OC)NCC(O)c1ccc(Cl)s1.I. The summed E-state index contributed by atoms with van der Waals surface area (Å²) in [6.45, 7) is 3.47. The number of hydrogen-bond donors (Lipinski definition) is 3. The molecular weight excluding hydrogens is 475 g/mol. The van der Waals surface area contributed by atoms with Gasteiger partial charge in [-0.25, -0.2) is 9.98 Å². The van der Waals surface area contributed by atoms with Gasteiger partial charge < -0.3 is 20.5 Å². The molecular formula is C16H22ClIN4O2S. The van der Waals surface area contributed by atoms with Gasteiger partial charge in [-0.15, -0.1) is 35.3 Å². The van der Waals surface area contributed by atoms with Gasteiger partial charge in [0.1, 0.15) is 6.10 Å². The molecule has 0 bridgehead atoms. The molecule has 9 heteroatoms. The Bertz CT molecular complexity index is 684. The van der Waals surface area contributed by atoms with Crippen LogP contribution in [0.15, 0.2) is 35.5 Å². The number of ether oxygens (including phenoxy) is 1. The van der Waals surface area contributed by atoms with Gasteiger partial charge in [0.05, 0.1) is 18.0 Å². The molecule has 0 aliphatic rings. The predicted octanol–water partition coefficient (Wildman–Crippen LogP) is 3.21. The van der Waals surface area contributed by atoms with Crippen molar-refractivity contribution in [2.45, 2.75) is 19.6 Å². The van der Waals surface area contributed by atoms with Gasteiger partial charge in [0.25, 0.3) is 0 Å². The van der Waals surface area contributed by atoms with Crippen LogP contribution in [0.2, 0.25) is 4.34 Å². The second-order valence-corrected chi connectivity index (χ2v) is 6.65. The lowest BCUT2D eigenvalue weighted by atomic mass is 10.3. The van der Waals surface area contributed by atoms with Gasteiger partial charge in [-0.05, 0) is 25.1 Å². The van der Waals surface area contributed by atoms with Crippen LogP contribution >= 0.6 is 46.9 Å². The van der Waals surface area contributed by atoms with E-state index in [1.165, 1.54) is 11.3 Å². The molecule has 0 spiro atoms. The number of methoxy groups -OCH3 is 1. The second kappa shape index (κ2) is 11.5. The zero-order valence-electron chi connectivity index (χ0n) is 14.0. The molecule has 2 aromatic rings. The largest absolute Gasteiger partial charge is 0.481 e. The van der Waals surface area contributed by atoms with Crippen molar-refractivity contribution in [3.8, 4) is 5.88 Å². The number of hydrogen-bond acceptors (Lipinski definition) is 5. The smallest absolute Gasteiger partial charge is 0.218 e. The maximum absolute atomic E-state index is 10.2. The van der Waals surface area contributed by atoms with Crippen LogP contribution in [0.5, 0.6) is 5.88 Å². The fourth-order valence-electron chi connectivity index (χ4n) is 2.04. The number of pyridine rings is 1. The first kappa shape index (κ1) is 21.9. The molecule has 0 aliphatic heterocycles. The zero-order chi connectivity index (χ0) is 17.4. The number of aliphatic imine (C=N–C) groups is 1. The molecule has 138 valence electrons. The number of aliphatic hydroxyl groups is 1. The molecule has 0 saturated carbocycles. The van der Waals surface area contributed by atoms with Gasteiger partial charge >= 0.3 is 0 Å². The van der Waals surface area contributed by atoms with Crippen molar-refractivity contribution in [1.82, 2.24) is 15.6 Å². The highest BCUT2D eigenvalue weighted by Crippen LogP contribution is 2.26. The lowest BCUT2D eigenvalue weighted by molar-refractivity contribution is 0.184. The minimum Gasteiger partial charge on any atom is -0.481 e. The van der Waals surface area contributed by atoms with Gasteiger partial charge in [-0.1, -0.05) is 17.7 Å². The van der Waals surface area contributed by atoms with E-state index in [-0.39, 0.29) is 24.0 Å². The van der Waals surface area contributed by atoms with Gasteiger partial charge in [-0.2, -0.15) is 0 Å². The van der Waals surface area contributed by atoms with Crippen LogP contribution in [-0.4, -0.2) is 36.2 Å². The molecule has 1 atom stereocenters. The maximum atomic E-state index is 10.2. The third kappa shape index (κ3) is 6.96. The second-order valence-electron chi connectivity index (χ2n) is 4.91. The zero-order valence-corrected chi connectivity index (χ0v) is 17.9. The van der Waals surface area contributed by atoms with Crippen molar-refractivity contribution < 1.29 is 9.84 Å². The van der Waals surface area contributed by atoms with Gasteiger partial charge in [-0.3, -0.25) is 0 Å².